The van der Waals surface area contributed by atoms with Gasteiger partial charge in [-0.2, -0.15) is 0 Å². The summed E-state index contributed by atoms with van der Waals surface area (Å²) in [6.07, 6.45) is 0. The van der Waals surface area contributed by atoms with Gasteiger partial charge in [-0.05, 0) is 121 Å². The lowest BCUT2D eigenvalue weighted by Crippen LogP contribution is -2.25. The summed E-state index contributed by atoms with van der Waals surface area (Å²) in [5.41, 5.74) is 19.4. The molecule has 3 heteroatoms. The van der Waals surface area contributed by atoms with E-state index in [9.17, 15) is 0 Å². The number of hydrogen-bond acceptors (Lipinski definition) is 3. The van der Waals surface area contributed by atoms with E-state index in [0.717, 1.165) is 44.9 Å². The molecule has 13 rings (SSSR count). The normalized spacial score (nSPS) is 13.1. The molecule has 1 heterocycles. The third kappa shape index (κ3) is 5.47. The van der Waals surface area contributed by atoms with E-state index in [0.29, 0.717) is 23.0 Å². The lowest BCUT2D eigenvalue weighted by Gasteiger charge is -2.32. The molecule has 0 N–H and O–H groups in total. The highest BCUT2D eigenvalue weighted by Gasteiger charge is 2.52. The van der Waals surface area contributed by atoms with E-state index >= 15 is 0 Å². The van der Waals surface area contributed by atoms with Crippen LogP contribution in [0.3, 0.4) is 0 Å². The van der Waals surface area contributed by atoms with Gasteiger partial charge in [-0.1, -0.05) is 182 Å². The molecule has 1 aliphatic heterocycles. The van der Waals surface area contributed by atoms with Crippen molar-refractivity contribution in [2.45, 2.75) is 5.41 Å². The third-order valence-corrected chi connectivity index (χ3v) is 13.3. The summed E-state index contributed by atoms with van der Waals surface area (Å²) in [6, 6.07) is 84.8. The van der Waals surface area contributed by atoms with Crippen molar-refractivity contribution in [1.29, 1.82) is 0 Å². The summed E-state index contributed by atoms with van der Waals surface area (Å²) in [5.74, 6) is 2.75. The quantitative estimate of drug-likeness (QED) is 0.167. The summed E-state index contributed by atoms with van der Waals surface area (Å²) < 4.78 is 13.9. The number of hydrogen-bond donors (Lipinski definition) is 0. The summed E-state index contributed by atoms with van der Waals surface area (Å²) >= 11 is 0. The van der Waals surface area contributed by atoms with Crippen molar-refractivity contribution in [2.75, 3.05) is 4.90 Å². The minimum Gasteiger partial charge on any atom is -0.449 e. The molecule has 64 heavy (non-hydrogen) atoms. The Bertz CT molecular complexity index is 3400. The average molecular weight is 818 g/mol. The second kappa shape index (κ2) is 14.3. The fourth-order valence-electron chi connectivity index (χ4n) is 10.6. The molecule has 0 saturated carbocycles. The number of anilines is 3. The fourth-order valence-corrected chi connectivity index (χ4v) is 10.6. The van der Waals surface area contributed by atoms with Gasteiger partial charge in [-0.25, -0.2) is 0 Å². The van der Waals surface area contributed by atoms with Crippen molar-refractivity contribution in [2.24, 2.45) is 0 Å². The van der Waals surface area contributed by atoms with Gasteiger partial charge in [0, 0.05) is 17.3 Å². The van der Waals surface area contributed by atoms with Crippen LogP contribution >= 0.6 is 0 Å². The molecule has 300 valence electrons. The Morgan fingerprint density at radius 3 is 1.39 bits per heavy atom. The van der Waals surface area contributed by atoms with E-state index in [1.54, 1.807) is 0 Å². The molecule has 0 unspecified atom stereocenters. The molecule has 3 nitrogen and oxygen atoms in total. The van der Waals surface area contributed by atoms with Crippen LogP contribution in [-0.2, 0) is 5.41 Å². The van der Waals surface area contributed by atoms with Gasteiger partial charge >= 0.3 is 0 Å². The highest BCUT2D eigenvalue weighted by atomic mass is 16.6. The van der Waals surface area contributed by atoms with Crippen LogP contribution in [0.4, 0.5) is 17.1 Å². The molecule has 10 aromatic rings. The molecule has 10 aromatic carbocycles. The lowest BCUT2D eigenvalue weighted by molar-refractivity contribution is 0.359. The third-order valence-electron chi connectivity index (χ3n) is 13.3. The molecule has 1 spiro atoms. The Kier molecular flexibility index (Phi) is 8.13. The molecule has 3 aliphatic rings. The van der Waals surface area contributed by atoms with Crippen LogP contribution in [0.25, 0.3) is 55.6 Å². The van der Waals surface area contributed by atoms with E-state index in [4.69, 9.17) is 9.47 Å². The molecule has 0 radical (unpaired) electrons. The van der Waals surface area contributed by atoms with Crippen LogP contribution in [0.2, 0.25) is 0 Å². The summed E-state index contributed by atoms with van der Waals surface area (Å²) in [4.78, 5) is 2.35. The van der Waals surface area contributed by atoms with Gasteiger partial charge in [0.2, 0.25) is 0 Å². The zero-order valence-corrected chi connectivity index (χ0v) is 34.8. The van der Waals surface area contributed by atoms with Gasteiger partial charge in [0.05, 0.1) is 16.8 Å². The first kappa shape index (κ1) is 36.3. The molecule has 0 bridgehead atoms. The predicted octanol–water partition coefficient (Wildman–Crippen LogP) is 16.4. The van der Waals surface area contributed by atoms with Crippen molar-refractivity contribution < 1.29 is 9.47 Å². The topological polar surface area (TPSA) is 21.7 Å². The van der Waals surface area contributed by atoms with Crippen LogP contribution < -0.4 is 14.4 Å². The molecule has 0 atom stereocenters. The van der Waals surface area contributed by atoms with Crippen LogP contribution in [0, 0.1) is 0 Å². The second-order valence-corrected chi connectivity index (χ2v) is 16.8. The van der Waals surface area contributed by atoms with E-state index in [-0.39, 0.29) is 0 Å². The first-order chi connectivity index (χ1) is 31.7. The van der Waals surface area contributed by atoms with Crippen molar-refractivity contribution in [3.8, 4) is 78.6 Å². The molecule has 0 aromatic heterocycles. The van der Waals surface area contributed by atoms with Gasteiger partial charge < -0.3 is 14.4 Å². The van der Waals surface area contributed by atoms with Crippen LogP contribution in [0.15, 0.2) is 237 Å². The largest absolute Gasteiger partial charge is 0.449 e. The van der Waals surface area contributed by atoms with E-state index < -0.39 is 5.41 Å². The zero-order chi connectivity index (χ0) is 42.2. The monoisotopic (exact) mass is 817 g/mol. The minimum atomic E-state index is -0.486. The highest BCUT2D eigenvalue weighted by Crippen LogP contribution is 2.64. The lowest BCUT2D eigenvalue weighted by atomic mass is 9.70. The standard InChI is InChI=1S/C61H39NO2/c1-4-17-40(18-5-1)43-23-16-24-45(35-43)62(56-33-31-44(41-19-6-2-7-20-41)36-50(56)42-21-8-3-9-22-42)46-32-34-57-58(37-46)64-60-39-55-51(38-59(60)63-57)49-27-12-15-30-54(49)61(55)52-28-13-10-25-47(52)48-26-11-14-29-53(48)61/h1-39H. The Hall–Kier alpha value is -8.40. The number of rotatable bonds is 6. The maximum atomic E-state index is 7.08. The van der Waals surface area contributed by atoms with Crippen LogP contribution in [-0.4, -0.2) is 0 Å². The first-order valence-electron chi connectivity index (χ1n) is 21.9. The van der Waals surface area contributed by atoms with Gasteiger partial charge in [0.15, 0.2) is 23.0 Å². The van der Waals surface area contributed by atoms with Crippen molar-refractivity contribution in [3.05, 3.63) is 259 Å². The van der Waals surface area contributed by atoms with Crippen molar-refractivity contribution >= 4 is 17.1 Å². The zero-order valence-electron chi connectivity index (χ0n) is 34.8. The smallest absolute Gasteiger partial charge is 0.172 e. The van der Waals surface area contributed by atoms with E-state index in [1.165, 1.54) is 50.1 Å². The molecule has 2 aliphatic carbocycles. The van der Waals surface area contributed by atoms with Gasteiger partial charge in [0.25, 0.3) is 0 Å². The van der Waals surface area contributed by atoms with Gasteiger partial charge in [-0.3, -0.25) is 0 Å². The Labute approximate surface area is 372 Å². The number of benzene rings is 10. The molecular weight excluding hydrogens is 779 g/mol. The predicted molar refractivity (Wildman–Crippen MR) is 260 cm³/mol. The SMILES string of the molecule is c1ccc(-c2cccc(N(c3ccc4c(c3)Oc3cc5c(cc3O4)-c3ccccc3C53c4ccccc4-c4ccccc43)c3ccc(-c4ccccc4)cc3-c3ccccc3)c2)cc1. The maximum Gasteiger partial charge on any atom is 0.172 e. The number of ether oxygens (including phenoxy) is 2. The molecule has 0 amide bonds. The second-order valence-electron chi connectivity index (χ2n) is 16.8. The number of nitrogens with zero attached hydrogens (tertiary/aromatic N) is 1. The Balaban J connectivity index is 0.978. The Morgan fingerprint density at radius 1 is 0.266 bits per heavy atom. The highest BCUT2D eigenvalue weighted by molar-refractivity contribution is 5.96. The average Bonchev–Trinajstić information content (AvgIpc) is 3.83. The van der Waals surface area contributed by atoms with Gasteiger partial charge in [0.1, 0.15) is 0 Å². The van der Waals surface area contributed by atoms with Crippen molar-refractivity contribution in [1.82, 2.24) is 0 Å². The molecule has 0 saturated heterocycles. The summed E-state index contributed by atoms with van der Waals surface area (Å²) in [6.45, 7) is 0. The number of fused-ring (bicyclic) bond motifs is 12. The fraction of sp³-hybridized carbons (Fsp3) is 0.0164. The van der Waals surface area contributed by atoms with Crippen LogP contribution in [0.1, 0.15) is 22.3 Å². The summed E-state index contributed by atoms with van der Waals surface area (Å²) in [7, 11) is 0. The maximum absolute atomic E-state index is 7.08. The molecule has 0 fully saturated rings. The van der Waals surface area contributed by atoms with Crippen LogP contribution in [0.5, 0.6) is 23.0 Å². The van der Waals surface area contributed by atoms with Gasteiger partial charge in [-0.15, -0.1) is 0 Å². The van der Waals surface area contributed by atoms with E-state index in [2.05, 4.69) is 235 Å². The summed E-state index contributed by atoms with van der Waals surface area (Å²) in [5, 5.41) is 0. The molecular formula is C61H39NO2. The van der Waals surface area contributed by atoms with Crippen molar-refractivity contribution in [3.63, 3.8) is 0 Å². The minimum absolute atomic E-state index is 0.486. The first-order valence-corrected chi connectivity index (χ1v) is 21.9. The Morgan fingerprint density at radius 2 is 0.750 bits per heavy atom. The van der Waals surface area contributed by atoms with E-state index in [1.807, 2.05) is 6.07 Å².